The molecule has 1 amide bonds. The van der Waals surface area contributed by atoms with E-state index in [2.05, 4.69) is 27.1 Å². The smallest absolute Gasteiger partial charge is 0.410 e. The molecule has 0 atom stereocenters. The third-order valence-corrected chi connectivity index (χ3v) is 3.70. The van der Waals surface area contributed by atoms with Gasteiger partial charge in [0, 0.05) is 33.2 Å². The Balaban J connectivity index is 0.00000529. The fourth-order valence-corrected chi connectivity index (χ4v) is 2.48. The van der Waals surface area contributed by atoms with E-state index < -0.39 is 5.60 Å². The highest BCUT2D eigenvalue weighted by Crippen LogP contribution is 2.09. The van der Waals surface area contributed by atoms with Crippen LogP contribution in [-0.2, 0) is 11.3 Å². The van der Waals surface area contributed by atoms with Gasteiger partial charge in [-0.15, -0.1) is 24.0 Å². The SMILES string of the molecule is CCN(CCNC(=NC)NCc1ccsc1)C(=O)OC(C)(C)C.I. The molecule has 0 bridgehead atoms. The Morgan fingerprint density at radius 1 is 1.38 bits per heavy atom. The highest BCUT2D eigenvalue weighted by atomic mass is 127. The van der Waals surface area contributed by atoms with Crippen molar-refractivity contribution in [3.05, 3.63) is 22.4 Å². The molecule has 1 aromatic heterocycles. The molecule has 0 aliphatic heterocycles. The number of carbonyl (C=O) groups excluding carboxylic acids is 1. The van der Waals surface area contributed by atoms with Crippen molar-refractivity contribution in [1.29, 1.82) is 0 Å². The second-order valence-corrected chi connectivity index (χ2v) is 6.82. The molecule has 0 unspecified atom stereocenters. The van der Waals surface area contributed by atoms with E-state index in [9.17, 15) is 4.79 Å². The second-order valence-electron chi connectivity index (χ2n) is 6.04. The van der Waals surface area contributed by atoms with Gasteiger partial charge in [-0.2, -0.15) is 11.3 Å². The Kier molecular flexibility index (Phi) is 11.0. The molecular formula is C16H29IN4O2S. The summed E-state index contributed by atoms with van der Waals surface area (Å²) in [4.78, 5) is 17.9. The highest BCUT2D eigenvalue weighted by Gasteiger charge is 2.20. The third kappa shape index (κ3) is 9.31. The number of guanidine groups is 1. The Bertz CT molecular complexity index is 501. The number of nitrogens with one attached hydrogen (secondary N) is 2. The zero-order valence-corrected chi connectivity index (χ0v) is 18.2. The number of amides is 1. The summed E-state index contributed by atoms with van der Waals surface area (Å²) in [5.41, 5.74) is 0.748. The molecule has 138 valence electrons. The van der Waals surface area contributed by atoms with Crippen LogP contribution in [0.1, 0.15) is 33.3 Å². The van der Waals surface area contributed by atoms with Crippen LogP contribution < -0.4 is 10.6 Å². The number of hydrogen-bond donors (Lipinski definition) is 2. The van der Waals surface area contributed by atoms with Crippen molar-refractivity contribution < 1.29 is 9.53 Å². The van der Waals surface area contributed by atoms with Crippen LogP contribution in [0.25, 0.3) is 0 Å². The molecule has 24 heavy (non-hydrogen) atoms. The van der Waals surface area contributed by atoms with Gasteiger partial charge in [0.2, 0.25) is 0 Å². The first-order chi connectivity index (χ1) is 10.9. The molecule has 1 aromatic rings. The molecule has 0 saturated heterocycles. The van der Waals surface area contributed by atoms with Crippen LogP contribution in [0.4, 0.5) is 4.79 Å². The molecule has 1 heterocycles. The molecule has 0 radical (unpaired) electrons. The van der Waals surface area contributed by atoms with E-state index in [4.69, 9.17) is 4.74 Å². The third-order valence-electron chi connectivity index (χ3n) is 2.97. The number of aliphatic imine (C=N–C) groups is 1. The van der Waals surface area contributed by atoms with Crippen molar-refractivity contribution in [1.82, 2.24) is 15.5 Å². The van der Waals surface area contributed by atoms with E-state index in [1.807, 2.05) is 33.1 Å². The van der Waals surface area contributed by atoms with E-state index in [0.717, 1.165) is 12.5 Å². The van der Waals surface area contributed by atoms with Gasteiger partial charge in [-0.3, -0.25) is 4.99 Å². The standard InChI is InChI=1S/C16H28N4O2S.HI/c1-6-20(15(21)22-16(2,3)4)9-8-18-14(17-5)19-11-13-7-10-23-12-13;/h7,10,12H,6,8-9,11H2,1-5H3,(H2,17,18,19);1H. The summed E-state index contributed by atoms with van der Waals surface area (Å²) >= 11 is 1.67. The first-order valence-electron chi connectivity index (χ1n) is 7.79. The second kappa shape index (κ2) is 11.5. The van der Waals surface area contributed by atoms with Crippen LogP contribution in [0.3, 0.4) is 0 Å². The molecule has 0 aliphatic carbocycles. The lowest BCUT2D eigenvalue weighted by atomic mass is 10.2. The van der Waals surface area contributed by atoms with E-state index in [0.29, 0.717) is 19.6 Å². The van der Waals surface area contributed by atoms with Crippen LogP contribution in [-0.4, -0.2) is 49.2 Å². The Morgan fingerprint density at radius 3 is 2.58 bits per heavy atom. The predicted molar refractivity (Wildman–Crippen MR) is 111 cm³/mol. The number of halogens is 1. The van der Waals surface area contributed by atoms with E-state index in [1.165, 1.54) is 5.56 Å². The summed E-state index contributed by atoms with van der Waals surface area (Å²) in [5, 5.41) is 10.6. The molecule has 8 heteroatoms. The van der Waals surface area contributed by atoms with Gasteiger partial charge in [0.1, 0.15) is 5.60 Å². The fourth-order valence-electron chi connectivity index (χ4n) is 1.81. The number of hydrogen-bond acceptors (Lipinski definition) is 4. The summed E-state index contributed by atoms with van der Waals surface area (Å²) in [6.45, 7) is 10.0. The van der Waals surface area contributed by atoms with E-state index in [1.54, 1.807) is 23.3 Å². The number of thiophene rings is 1. The van der Waals surface area contributed by atoms with Gasteiger partial charge in [0.05, 0.1) is 0 Å². The molecular weight excluding hydrogens is 439 g/mol. The first-order valence-corrected chi connectivity index (χ1v) is 8.73. The van der Waals surface area contributed by atoms with Crippen LogP contribution in [0.5, 0.6) is 0 Å². The maximum absolute atomic E-state index is 12.0. The molecule has 2 N–H and O–H groups in total. The average molecular weight is 468 g/mol. The number of likely N-dealkylation sites (N-methyl/N-ethyl adjacent to an activating group) is 1. The minimum Gasteiger partial charge on any atom is -0.444 e. The predicted octanol–water partition coefficient (Wildman–Crippen LogP) is 3.29. The van der Waals surface area contributed by atoms with Crippen LogP contribution in [0, 0.1) is 0 Å². The lowest BCUT2D eigenvalue weighted by Gasteiger charge is -2.26. The lowest BCUT2D eigenvalue weighted by molar-refractivity contribution is 0.0264. The van der Waals surface area contributed by atoms with Crippen molar-refractivity contribution in [2.24, 2.45) is 4.99 Å². The van der Waals surface area contributed by atoms with Gasteiger partial charge in [-0.05, 0) is 50.1 Å². The molecule has 0 fully saturated rings. The molecule has 0 spiro atoms. The fraction of sp³-hybridized carbons (Fsp3) is 0.625. The van der Waals surface area contributed by atoms with Gasteiger partial charge >= 0.3 is 6.09 Å². The number of nitrogens with zero attached hydrogens (tertiary/aromatic N) is 2. The van der Waals surface area contributed by atoms with Crippen LogP contribution in [0.2, 0.25) is 0 Å². The molecule has 0 aromatic carbocycles. The zero-order valence-electron chi connectivity index (χ0n) is 15.1. The van der Waals surface area contributed by atoms with Crippen molar-refractivity contribution in [3.8, 4) is 0 Å². The summed E-state index contributed by atoms with van der Waals surface area (Å²) in [6.07, 6.45) is -0.289. The largest absolute Gasteiger partial charge is 0.444 e. The van der Waals surface area contributed by atoms with Gasteiger partial charge < -0.3 is 20.3 Å². The van der Waals surface area contributed by atoms with E-state index >= 15 is 0 Å². The normalized spacial score (nSPS) is 11.5. The molecule has 0 aliphatic rings. The van der Waals surface area contributed by atoms with Crippen molar-refractivity contribution in [2.45, 2.75) is 39.8 Å². The minimum absolute atomic E-state index is 0. The van der Waals surface area contributed by atoms with Crippen molar-refractivity contribution >= 4 is 47.4 Å². The van der Waals surface area contributed by atoms with E-state index in [-0.39, 0.29) is 30.1 Å². The zero-order chi connectivity index (χ0) is 17.3. The van der Waals surface area contributed by atoms with Crippen LogP contribution in [0.15, 0.2) is 21.8 Å². The maximum Gasteiger partial charge on any atom is 0.410 e. The van der Waals surface area contributed by atoms with Gasteiger partial charge in [-0.1, -0.05) is 0 Å². The highest BCUT2D eigenvalue weighted by molar-refractivity contribution is 14.0. The molecule has 0 saturated carbocycles. The molecule has 6 nitrogen and oxygen atoms in total. The van der Waals surface area contributed by atoms with Crippen LogP contribution >= 0.6 is 35.3 Å². The number of carbonyl (C=O) groups is 1. The summed E-state index contributed by atoms with van der Waals surface area (Å²) in [6, 6.07) is 2.08. The Morgan fingerprint density at radius 2 is 2.08 bits per heavy atom. The maximum atomic E-state index is 12.0. The average Bonchev–Trinajstić information content (AvgIpc) is 2.98. The van der Waals surface area contributed by atoms with Gasteiger partial charge in [-0.25, -0.2) is 4.79 Å². The quantitative estimate of drug-likeness (QED) is 0.382. The lowest BCUT2D eigenvalue weighted by Crippen LogP contribution is -2.44. The Hall–Kier alpha value is -1.03. The van der Waals surface area contributed by atoms with Gasteiger partial charge in [0.25, 0.3) is 0 Å². The van der Waals surface area contributed by atoms with Crippen molar-refractivity contribution in [2.75, 3.05) is 26.7 Å². The number of ether oxygens (including phenoxy) is 1. The van der Waals surface area contributed by atoms with Gasteiger partial charge in [0.15, 0.2) is 5.96 Å². The monoisotopic (exact) mass is 468 g/mol. The summed E-state index contributed by atoms with van der Waals surface area (Å²) in [5.74, 6) is 0.719. The molecule has 1 rings (SSSR count). The summed E-state index contributed by atoms with van der Waals surface area (Å²) in [7, 11) is 1.73. The van der Waals surface area contributed by atoms with Crippen molar-refractivity contribution in [3.63, 3.8) is 0 Å². The number of rotatable bonds is 6. The minimum atomic E-state index is -0.476. The topological polar surface area (TPSA) is 66.0 Å². The summed E-state index contributed by atoms with van der Waals surface area (Å²) < 4.78 is 5.39. The Labute approximate surface area is 166 Å². The first kappa shape index (κ1) is 23.0.